The summed E-state index contributed by atoms with van der Waals surface area (Å²) in [7, 11) is 4.09. The van der Waals surface area contributed by atoms with E-state index in [4.69, 9.17) is 0 Å². The lowest BCUT2D eigenvalue weighted by Crippen LogP contribution is -2.19. The van der Waals surface area contributed by atoms with Gasteiger partial charge in [-0.25, -0.2) is 0 Å². The van der Waals surface area contributed by atoms with Crippen molar-refractivity contribution in [1.82, 2.24) is 10.2 Å². The molecule has 0 saturated heterocycles. The van der Waals surface area contributed by atoms with Crippen molar-refractivity contribution < 1.29 is 0 Å². The second kappa shape index (κ2) is 6.46. The van der Waals surface area contributed by atoms with Gasteiger partial charge in [-0.15, -0.1) is 0 Å². The van der Waals surface area contributed by atoms with Crippen LogP contribution >= 0.6 is 0 Å². The van der Waals surface area contributed by atoms with Crippen molar-refractivity contribution in [1.29, 1.82) is 0 Å². The number of nitrogens with one attached hydrogen (secondary N) is 1. The van der Waals surface area contributed by atoms with E-state index in [1.165, 1.54) is 16.7 Å². The summed E-state index contributed by atoms with van der Waals surface area (Å²) in [5.74, 6) is 0. The van der Waals surface area contributed by atoms with Gasteiger partial charge in [0.2, 0.25) is 0 Å². The van der Waals surface area contributed by atoms with Gasteiger partial charge in [0.1, 0.15) is 0 Å². The van der Waals surface area contributed by atoms with E-state index in [2.05, 4.69) is 55.0 Å². The zero-order chi connectivity index (χ0) is 12.0. The van der Waals surface area contributed by atoms with Gasteiger partial charge in [0.25, 0.3) is 0 Å². The van der Waals surface area contributed by atoms with Crippen molar-refractivity contribution in [2.75, 3.05) is 20.6 Å². The Kier molecular flexibility index (Phi) is 5.23. The lowest BCUT2D eigenvalue weighted by Gasteiger charge is -2.16. The molecule has 0 saturated carbocycles. The normalized spacial score (nSPS) is 10.8. The maximum atomic E-state index is 3.93. The molecule has 88 valence electrons. The summed E-state index contributed by atoms with van der Waals surface area (Å²) >= 11 is 0. The molecule has 0 heterocycles. The fraction of sp³-hybridized carbons (Fsp3) is 0.429. The number of likely N-dealkylation sites (N-methyl/N-ethyl adjacent to an activating group) is 1. The van der Waals surface area contributed by atoms with Crippen LogP contribution < -0.4 is 5.32 Å². The average molecular weight is 218 g/mol. The van der Waals surface area contributed by atoms with Crippen LogP contribution in [0.4, 0.5) is 0 Å². The summed E-state index contributed by atoms with van der Waals surface area (Å²) in [6.45, 7) is 8.86. The van der Waals surface area contributed by atoms with E-state index in [1.807, 2.05) is 7.05 Å². The van der Waals surface area contributed by atoms with Crippen molar-refractivity contribution in [3.05, 3.63) is 47.5 Å². The van der Waals surface area contributed by atoms with Crippen LogP contribution in [0.15, 0.2) is 36.4 Å². The molecule has 1 rings (SSSR count). The minimum absolute atomic E-state index is 0.932. The Labute approximate surface area is 99.0 Å². The standard InChI is InChI=1S/C14H22N2/c1-12(2)10-16(4)11-14-7-5-13(6-8-14)9-15-3/h5-8,15H,1,9-11H2,2-4H3. The van der Waals surface area contributed by atoms with Gasteiger partial charge in [-0.2, -0.15) is 0 Å². The fourth-order valence-corrected chi connectivity index (χ4v) is 1.80. The van der Waals surface area contributed by atoms with Gasteiger partial charge in [-0.05, 0) is 32.1 Å². The highest BCUT2D eigenvalue weighted by Crippen LogP contribution is 2.07. The maximum Gasteiger partial charge on any atom is 0.0234 e. The Bertz CT molecular complexity index is 327. The molecule has 0 aliphatic rings. The Hall–Kier alpha value is -1.12. The van der Waals surface area contributed by atoms with E-state index in [1.54, 1.807) is 0 Å². The predicted octanol–water partition coefficient (Wildman–Crippen LogP) is 2.41. The van der Waals surface area contributed by atoms with Crippen molar-refractivity contribution in [3.63, 3.8) is 0 Å². The highest BCUT2D eigenvalue weighted by molar-refractivity contribution is 5.22. The molecule has 0 radical (unpaired) electrons. The van der Waals surface area contributed by atoms with Crippen LogP contribution in [0, 0.1) is 0 Å². The van der Waals surface area contributed by atoms with E-state index in [-0.39, 0.29) is 0 Å². The zero-order valence-electron chi connectivity index (χ0n) is 10.6. The molecule has 16 heavy (non-hydrogen) atoms. The van der Waals surface area contributed by atoms with Crippen molar-refractivity contribution in [2.45, 2.75) is 20.0 Å². The molecule has 1 aromatic rings. The molecule has 0 bridgehead atoms. The average Bonchev–Trinajstić information content (AvgIpc) is 2.20. The minimum Gasteiger partial charge on any atom is -0.316 e. The summed E-state index contributed by atoms with van der Waals surface area (Å²) in [5.41, 5.74) is 3.88. The Morgan fingerprint density at radius 1 is 1.25 bits per heavy atom. The second-order valence-electron chi connectivity index (χ2n) is 4.48. The molecule has 0 aliphatic heterocycles. The molecule has 0 aliphatic carbocycles. The van der Waals surface area contributed by atoms with Crippen molar-refractivity contribution in [2.24, 2.45) is 0 Å². The van der Waals surface area contributed by atoms with Gasteiger partial charge >= 0.3 is 0 Å². The first kappa shape index (κ1) is 12.9. The number of hydrogen-bond donors (Lipinski definition) is 1. The summed E-state index contributed by atoms with van der Waals surface area (Å²) < 4.78 is 0. The third-order valence-electron chi connectivity index (χ3n) is 2.40. The largest absolute Gasteiger partial charge is 0.316 e. The van der Waals surface area contributed by atoms with Gasteiger partial charge in [0.05, 0.1) is 0 Å². The molecule has 0 aromatic heterocycles. The Morgan fingerprint density at radius 2 is 1.81 bits per heavy atom. The summed E-state index contributed by atoms with van der Waals surface area (Å²) in [6, 6.07) is 8.75. The fourth-order valence-electron chi connectivity index (χ4n) is 1.80. The molecule has 0 unspecified atom stereocenters. The monoisotopic (exact) mass is 218 g/mol. The van der Waals surface area contributed by atoms with Crippen LogP contribution in [-0.4, -0.2) is 25.5 Å². The van der Waals surface area contributed by atoms with Gasteiger partial charge in [0.15, 0.2) is 0 Å². The van der Waals surface area contributed by atoms with E-state index < -0.39 is 0 Å². The van der Waals surface area contributed by atoms with E-state index in [9.17, 15) is 0 Å². The van der Waals surface area contributed by atoms with Gasteiger partial charge < -0.3 is 5.32 Å². The van der Waals surface area contributed by atoms with E-state index in [0.717, 1.165) is 19.6 Å². The first-order valence-electron chi connectivity index (χ1n) is 5.67. The smallest absolute Gasteiger partial charge is 0.0234 e. The van der Waals surface area contributed by atoms with E-state index in [0.29, 0.717) is 0 Å². The SMILES string of the molecule is C=C(C)CN(C)Cc1ccc(CNC)cc1. The van der Waals surface area contributed by atoms with Crippen LogP contribution in [0.2, 0.25) is 0 Å². The Morgan fingerprint density at radius 3 is 2.31 bits per heavy atom. The molecular weight excluding hydrogens is 196 g/mol. The first-order valence-corrected chi connectivity index (χ1v) is 5.67. The van der Waals surface area contributed by atoms with Gasteiger partial charge in [-0.1, -0.05) is 36.4 Å². The number of hydrogen-bond acceptors (Lipinski definition) is 2. The third kappa shape index (κ3) is 4.60. The predicted molar refractivity (Wildman–Crippen MR) is 70.4 cm³/mol. The zero-order valence-corrected chi connectivity index (χ0v) is 10.6. The van der Waals surface area contributed by atoms with E-state index >= 15 is 0 Å². The van der Waals surface area contributed by atoms with Crippen LogP contribution in [0.25, 0.3) is 0 Å². The third-order valence-corrected chi connectivity index (χ3v) is 2.40. The maximum absolute atomic E-state index is 3.93. The molecule has 0 spiro atoms. The Balaban J connectivity index is 2.51. The lowest BCUT2D eigenvalue weighted by molar-refractivity contribution is 0.355. The molecule has 1 aromatic carbocycles. The van der Waals surface area contributed by atoms with Crippen molar-refractivity contribution >= 4 is 0 Å². The molecule has 0 fully saturated rings. The molecule has 2 heteroatoms. The molecular formula is C14H22N2. The molecule has 0 atom stereocenters. The number of rotatable bonds is 6. The molecule has 2 nitrogen and oxygen atoms in total. The number of benzene rings is 1. The van der Waals surface area contributed by atoms with Crippen LogP contribution in [0.3, 0.4) is 0 Å². The second-order valence-corrected chi connectivity index (χ2v) is 4.48. The van der Waals surface area contributed by atoms with Crippen LogP contribution in [0.1, 0.15) is 18.1 Å². The summed E-state index contributed by atoms with van der Waals surface area (Å²) in [4.78, 5) is 2.27. The van der Waals surface area contributed by atoms with Gasteiger partial charge in [0, 0.05) is 19.6 Å². The summed E-state index contributed by atoms with van der Waals surface area (Å²) in [5, 5.41) is 3.15. The molecule has 0 amide bonds. The highest BCUT2D eigenvalue weighted by Gasteiger charge is 2.00. The highest BCUT2D eigenvalue weighted by atomic mass is 15.1. The first-order chi connectivity index (χ1) is 7.61. The number of nitrogens with zero attached hydrogens (tertiary/aromatic N) is 1. The van der Waals surface area contributed by atoms with Gasteiger partial charge in [-0.3, -0.25) is 4.90 Å². The lowest BCUT2D eigenvalue weighted by atomic mass is 10.1. The van der Waals surface area contributed by atoms with Crippen LogP contribution in [-0.2, 0) is 13.1 Å². The summed E-state index contributed by atoms with van der Waals surface area (Å²) in [6.07, 6.45) is 0. The van der Waals surface area contributed by atoms with Crippen molar-refractivity contribution in [3.8, 4) is 0 Å². The topological polar surface area (TPSA) is 15.3 Å². The van der Waals surface area contributed by atoms with Crippen LogP contribution in [0.5, 0.6) is 0 Å². The quantitative estimate of drug-likeness (QED) is 0.738. The minimum atomic E-state index is 0.932. The molecule has 1 N–H and O–H groups in total.